The molecule has 0 aliphatic carbocycles. The molecule has 1 aromatic rings. The maximum atomic E-state index is 10.5. The lowest BCUT2D eigenvalue weighted by Gasteiger charge is -2.28. The van der Waals surface area contributed by atoms with E-state index in [1.807, 2.05) is 0 Å². The van der Waals surface area contributed by atoms with E-state index < -0.39 is 5.60 Å². The fraction of sp³-hybridized carbons (Fsp3) is 0.538. The third-order valence-electron chi connectivity index (χ3n) is 2.73. The summed E-state index contributed by atoms with van der Waals surface area (Å²) in [5.41, 5.74) is 0.181. The van der Waals surface area contributed by atoms with E-state index in [-0.39, 0.29) is 5.75 Å². The lowest BCUT2D eigenvalue weighted by molar-refractivity contribution is 0.0169. The third-order valence-corrected chi connectivity index (χ3v) is 2.73. The maximum absolute atomic E-state index is 10.5. The number of rotatable bonds is 5. The Morgan fingerprint density at radius 2 is 1.47 bits per heavy atom. The molecule has 2 N–H and O–H groups in total. The topological polar surface area (TPSA) is 40.5 Å². The average Bonchev–Trinajstić information content (AvgIpc) is 2.19. The van der Waals surface area contributed by atoms with Crippen molar-refractivity contribution in [3.8, 4) is 5.75 Å². The van der Waals surface area contributed by atoms with Gasteiger partial charge < -0.3 is 10.2 Å². The normalized spacial score (nSPS) is 11.7. The monoisotopic (exact) mass is 208 g/mol. The molecular weight excluding hydrogens is 188 g/mol. The lowest BCUT2D eigenvalue weighted by atomic mass is 9.85. The highest BCUT2D eigenvalue weighted by molar-refractivity contribution is 5.29. The first kappa shape index (κ1) is 12.1. The van der Waals surface area contributed by atoms with Crippen LogP contribution in [0.4, 0.5) is 0 Å². The number of phenols is 1. The molecule has 0 aliphatic heterocycles. The van der Waals surface area contributed by atoms with Crippen LogP contribution in [0.25, 0.3) is 0 Å². The van der Waals surface area contributed by atoms with E-state index in [4.69, 9.17) is 0 Å². The minimum absolute atomic E-state index is 0.245. The smallest absolute Gasteiger partial charge is 0.115 e. The molecule has 0 aromatic heterocycles. The highest BCUT2D eigenvalue weighted by Crippen LogP contribution is 2.32. The summed E-state index contributed by atoms with van der Waals surface area (Å²) in [6.45, 7) is 4.14. The molecule has 2 heteroatoms. The van der Waals surface area contributed by atoms with E-state index in [0.717, 1.165) is 31.2 Å². The van der Waals surface area contributed by atoms with Crippen molar-refractivity contribution in [3.05, 3.63) is 29.8 Å². The second-order valence-electron chi connectivity index (χ2n) is 4.08. The maximum Gasteiger partial charge on any atom is 0.115 e. The van der Waals surface area contributed by atoms with Crippen LogP contribution in [0.2, 0.25) is 0 Å². The summed E-state index contributed by atoms with van der Waals surface area (Å²) >= 11 is 0. The van der Waals surface area contributed by atoms with E-state index in [2.05, 4.69) is 13.8 Å². The van der Waals surface area contributed by atoms with Crippen molar-refractivity contribution in [2.75, 3.05) is 0 Å². The number of hydrogen-bond donors (Lipinski definition) is 2. The summed E-state index contributed by atoms with van der Waals surface area (Å²) in [4.78, 5) is 0. The molecule has 0 heterocycles. The van der Waals surface area contributed by atoms with Crippen LogP contribution in [0.3, 0.4) is 0 Å². The summed E-state index contributed by atoms with van der Waals surface area (Å²) in [5, 5.41) is 19.7. The summed E-state index contributed by atoms with van der Waals surface area (Å²) in [6, 6.07) is 6.87. The van der Waals surface area contributed by atoms with E-state index in [0.29, 0.717) is 0 Å². The van der Waals surface area contributed by atoms with E-state index in [1.54, 1.807) is 24.3 Å². The standard InChI is InChI=1S/C13H20O2/c1-3-9-13(15,10-4-2)11-5-7-12(14)8-6-11/h5-8,14-15H,3-4,9-10H2,1-2H3. The van der Waals surface area contributed by atoms with Gasteiger partial charge in [0.2, 0.25) is 0 Å². The van der Waals surface area contributed by atoms with Gasteiger partial charge in [-0.1, -0.05) is 38.8 Å². The van der Waals surface area contributed by atoms with Crippen LogP contribution in [0.5, 0.6) is 5.75 Å². The van der Waals surface area contributed by atoms with E-state index >= 15 is 0 Å². The molecule has 0 amide bonds. The molecule has 0 saturated heterocycles. The molecule has 84 valence electrons. The zero-order valence-electron chi connectivity index (χ0n) is 9.53. The van der Waals surface area contributed by atoms with Crippen LogP contribution in [0.15, 0.2) is 24.3 Å². The second kappa shape index (κ2) is 5.17. The molecule has 0 spiro atoms. The van der Waals surface area contributed by atoms with Crippen LogP contribution < -0.4 is 0 Å². The van der Waals surface area contributed by atoms with Gasteiger partial charge in [0.05, 0.1) is 5.60 Å². The Bertz CT molecular complexity index is 284. The van der Waals surface area contributed by atoms with Gasteiger partial charge in [0.25, 0.3) is 0 Å². The molecule has 2 nitrogen and oxygen atoms in total. The van der Waals surface area contributed by atoms with Crippen LogP contribution in [0.1, 0.15) is 45.1 Å². The van der Waals surface area contributed by atoms with Gasteiger partial charge in [0, 0.05) is 0 Å². The highest BCUT2D eigenvalue weighted by atomic mass is 16.3. The van der Waals surface area contributed by atoms with Crippen LogP contribution >= 0.6 is 0 Å². The number of aliphatic hydroxyl groups is 1. The molecule has 0 saturated carbocycles. The summed E-state index contributed by atoms with van der Waals surface area (Å²) in [5.74, 6) is 0.245. The summed E-state index contributed by atoms with van der Waals surface area (Å²) in [7, 11) is 0. The molecule has 0 aliphatic rings. The van der Waals surface area contributed by atoms with Gasteiger partial charge in [-0.05, 0) is 30.5 Å². The van der Waals surface area contributed by atoms with E-state index in [1.165, 1.54) is 0 Å². The van der Waals surface area contributed by atoms with Crippen LogP contribution in [-0.4, -0.2) is 10.2 Å². The first-order chi connectivity index (χ1) is 7.12. The van der Waals surface area contributed by atoms with Crippen molar-refractivity contribution >= 4 is 0 Å². The fourth-order valence-corrected chi connectivity index (χ4v) is 2.01. The van der Waals surface area contributed by atoms with Gasteiger partial charge in [-0.15, -0.1) is 0 Å². The largest absolute Gasteiger partial charge is 0.508 e. The second-order valence-corrected chi connectivity index (χ2v) is 4.08. The minimum Gasteiger partial charge on any atom is -0.508 e. The summed E-state index contributed by atoms with van der Waals surface area (Å²) < 4.78 is 0. The van der Waals surface area contributed by atoms with Crippen molar-refractivity contribution in [2.24, 2.45) is 0 Å². The molecule has 0 unspecified atom stereocenters. The van der Waals surface area contributed by atoms with Gasteiger partial charge in [-0.25, -0.2) is 0 Å². The van der Waals surface area contributed by atoms with Gasteiger partial charge in [0.1, 0.15) is 5.75 Å². The number of hydrogen-bond acceptors (Lipinski definition) is 2. The fourth-order valence-electron chi connectivity index (χ4n) is 2.01. The van der Waals surface area contributed by atoms with Crippen molar-refractivity contribution in [3.63, 3.8) is 0 Å². The molecule has 1 aromatic carbocycles. The highest BCUT2D eigenvalue weighted by Gasteiger charge is 2.26. The molecule has 0 radical (unpaired) electrons. The van der Waals surface area contributed by atoms with Crippen molar-refractivity contribution < 1.29 is 10.2 Å². The van der Waals surface area contributed by atoms with Gasteiger partial charge >= 0.3 is 0 Å². The quantitative estimate of drug-likeness (QED) is 0.780. The van der Waals surface area contributed by atoms with Crippen LogP contribution in [-0.2, 0) is 5.60 Å². The molecule has 0 bridgehead atoms. The number of benzene rings is 1. The van der Waals surface area contributed by atoms with Crippen molar-refractivity contribution in [1.29, 1.82) is 0 Å². The zero-order chi connectivity index (χ0) is 11.3. The Morgan fingerprint density at radius 3 is 1.87 bits per heavy atom. The Morgan fingerprint density at radius 1 is 1.00 bits per heavy atom. The first-order valence-electron chi connectivity index (χ1n) is 5.64. The molecule has 0 atom stereocenters. The third kappa shape index (κ3) is 2.96. The SMILES string of the molecule is CCCC(O)(CCC)c1ccc(O)cc1. The van der Waals surface area contributed by atoms with Gasteiger partial charge in [-0.3, -0.25) is 0 Å². The Labute approximate surface area is 91.6 Å². The predicted octanol–water partition coefficient (Wildman–Crippen LogP) is 3.18. The lowest BCUT2D eigenvalue weighted by Crippen LogP contribution is -2.25. The predicted molar refractivity (Wildman–Crippen MR) is 61.8 cm³/mol. The molecular formula is C13H20O2. The van der Waals surface area contributed by atoms with Gasteiger partial charge in [0.15, 0.2) is 0 Å². The zero-order valence-corrected chi connectivity index (χ0v) is 9.53. The Kier molecular flexibility index (Phi) is 4.15. The molecule has 1 rings (SSSR count). The number of aromatic hydroxyl groups is 1. The van der Waals surface area contributed by atoms with Crippen LogP contribution in [0, 0.1) is 0 Å². The summed E-state index contributed by atoms with van der Waals surface area (Å²) in [6.07, 6.45) is 3.45. The average molecular weight is 208 g/mol. The van der Waals surface area contributed by atoms with Crippen molar-refractivity contribution in [1.82, 2.24) is 0 Å². The van der Waals surface area contributed by atoms with Gasteiger partial charge in [-0.2, -0.15) is 0 Å². The molecule has 0 fully saturated rings. The number of phenolic OH excluding ortho intramolecular Hbond substituents is 1. The van der Waals surface area contributed by atoms with Crippen molar-refractivity contribution in [2.45, 2.75) is 45.1 Å². The minimum atomic E-state index is -0.725. The Hall–Kier alpha value is -1.02. The first-order valence-corrected chi connectivity index (χ1v) is 5.64. The Balaban J connectivity index is 2.92. The van der Waals surface area contributed by atoms with E-state index in [9.17, 15) is 10.2 Å². The molecule has 15 heavy (non-hydrogen) atoms.